The van der Waals surface area contributed by atoms with E-state index in [0.29, 0.717) is 31.5 Å². The van der Waals surface area contributed by atoms with Crippen LogP contribution in [0.1, 0.15) is 17.3 Å². The van der Waals surface area contributed by atoms with E-state index in [4.69, 9.17) is 15.2 Å². The van der Waals surface area contributed by atoms with Crippen molar-refractivity contribution in [2.75, 3.05) is 39.5 Å². The first kappa shape index (κ1) is 16.7. The highest BCUT2D eigenvalue weighted by Gasteiger charge is 2.35. The van der Waals surface area contributed by atoms with Gasteiger partial charge in [0.2, 0.25) is 0 Å². The maximum atomic E-state index is 12.4. The van der Waals surface area contributed by atoms with E-state index in [2.05, 4.69) is 11.8 Å². The summed E-state index contributed by atoms with van der Waals surface area (Å²) in [5.74, 6) is -0.321. The summed E-state index contributed by atoms with van der Waals surface area (Å²) in [5, 5.41) is 0. The molecule has 0 aromatic heterocycles. The van der Waals surface area contributed by atoms with Crippen LogP contribution < -0.4 is 10.5 Å². The third-order valence-corrected chi connectivity index (χ3v) is 4.62. The Morgan fingerprint density at radius 1 is 1.29 bits per heavy atom. The summed E-state index contributed by atoms with van der Waals surface area (Å²) in [5.41, 5.74) is 5.60. The van der Waals surface area contributed by atoms with Crippen molar-refractivity contribution in [2.45, 2.75) is 19.0 Å². The number of primary amides is 1. The molecule has 7 nitrogen and oxygen atoms in total. The minimum Gasteiger partial charge on any atom is -0.483 e. The van der Waals surface area contributed by atoms with Crippen molar-refractivity contribution < 1.29 is 19.1 Å². The van der Waals surface area contributed by atoms with E-state index in [1.807, 2.05) is 0 Å². The maximum absolute atomic E-state index is 12.4. The number of piperazine rings is 1. The summed E-state index contributed by atoms with van der Waals surface area (Å²) in [6, 6.07) is 7.30. The second-order valence-electron chi connectivity index (χ2n) is 6.27. The summed E-state index contributed by atoms with van der Waals surface area (Å²) in [4.78, 5) is 28.0. The van der Waals surface area contributed by atoms with E-state index in [-0.39, 0.29) is 24.1 Å². The van der Waals surface area contributed by atoms with Crippen LogP contribution in [-0.2, 0) is 9.53 Å². The molecule has 0 aliphatic carbocycles. The predicted molar refractivity (Wildman–Crippen MR) is 87.8 cm³/mol. The molecule has 2 amide bonds. The van der Waals surface area contributed by atoms with E-state index in [0.717, 1.165) is 13.2 Å². The van der Waals surface area contributed by atoms with Crippen LogP contribution in [0.15, 0.2) is 24.3 Å². The molecule has 0 spiro atoms. The molecule has 2 saturated heterocycles. The molecular formula is C17H23N3O4. The number of ether oxygens (including phenoxy) is 2. The zero-order valence-corrected chi connectivity index (χ0v) is 13.8. The molecule has 2 aliphatic heterocycles. The molecule has 1 aromatic carbocycles. The molecule has 2 aliphatic rings. The minimum atomic E-state index is -0.569. The molecule has 0 unspecified atom stereocenters. The van der Waals surface area contributed by atoms with Gasteiger partial charge in [-0.25, -0.2) is 0 Å². The Kier molecular flexibility index (Phi) is 5.01. The van der Waals surface area contributed by atoms with Crippen molar-refractivity contribution in [3.05, 3.63) is 29.8 Å². The Hall–Kier alpha value is -2.12. The number of morpholine rings is 1. The Bertz CT molecular complexity index is 622. The molecule has 7 heteroatoms. The van der Waals surface area contributed by atoms with Gasteiger partial charge in [-0.3, -0.25) is 14.5 Å². The number of nitrogens with zero attached hydrogens (tertiary/aromatic N) is 2. The predicted octanol–water partition coefficient (Wildman–Crippen LogP) is 0.0958. The molecule has 2 N–H and O–H groups in total. The molecule has 0 bridgehead atoms. The zero-order valence-electron chi connectivity index (χ0n) is 13.8. The molecule has 1 aromatic rings. The van der Waals surface area contributed by atoms with Crippen LogP contribution in [0.4, 0.5) is 0 Å². The molecule has 0 saturated carbocycles. The highest BCUT2D eigenvalue weighted by atomic mass is 16.5. The van der Waals surface area contributed by atoms with Gasteiger partial charge in [0.25, 0.3) is 11.8 Å². The van der Waals surface area contributed by atoms with Gasteiger partial charge < -0.3 is 20.1 Å². The normalized spacial score (nSPS) is 24.3. The van der Waals surface area contributed by atoms with Crippen molar-refractivity contribution in [3.63, 3.8) is 0 Å². The SMILES string of the molecule is C[C@H]1COC[C@H]2CN(C(=O)COc3ccccc3C(N)=O)CCN21. The van der Waals surface area contributed by atoms with Crippen molar-refractivity contribution in [1.82, 2.24) is 9.80 Å². The number of carbonyl (C=O) groups excluding carboxylic acids is 2. The number of rotatable bonds is 4. The van der Waals surface area contributed by atoms with Crippen molar-refractivity contribution in [3.8, 4) is 5.75 Å². The van der Waals surface area contributed by atoms with Gasteiger partial charge in [-0.2, -0.15) is 0 Å². The van der Waals surface area contributed by atoms with Gasteiger partial charge >= 0.3 is 0 Å². The van der Waals surface area contributed by atoms with Crippen LogP contribution in [-0.4, -0.2) is 73.2 Å². The summed E-state index contributed by atoms with van der Waals surface area (Å²) < 4.78 is 11.1. The average Bonchev–Trinajstić information content (AvgIpc) is 2.59. The fraction of sp³-hybridized carbons (Fsp3) is 0.529. The van der Waals surface area contributed by atoms with E-state index < -0.39 is 5.91 Å². The topological polar surface area (TPSA) is 85.1 Å². The maximum Gasteiger partial charge on any atom is 0.260 e. The van der Waals surface area contributed by atoms with Crippen molar-refractivity contribution in [1.29, 1.82) is 0 Å². The Labute approximate surface area is 141 Å². The van der Waals surface area contributed by atoms with Crippen LogP contribution >= 0.6 is 0 Å². The molecule has 3 rings (SSSR count). The Morgan fingerprint density at radius 2 is 2.08 bits per heavy atom. The summed E-state index contributed by atoms with van der Waals surface area (Å²) in [6.45, 7) is 5.61. The van der Waals surface area contributed by atoms with Crippen LogP contribution in [0, 0.1) is 0 Å². The molecule has 0 radical (unpaired) electrons. The van der Waals surface area contributed by atoms with Crippen LogP contribution in [0.2, 0.25) is 0 Å². The lowest BCUT2D eigenvalue weighted by molar-refractivity contribution is -0.141. The smallest absolute Gasteiger partial charge is 0.260 e. The third-order valence-electron chi connectivity index (χ3n) is 4.62. The van der Waals surface area contributed by atoms with Gasteiger partial charge in [0, 0.05) is 25.7 Å². The van der Waals surface area contributed by atoms with E-state index in [1.54, 1.807) is 29.2 Å². The van der Waals surface area contributed by atoms with Gasteiger partial charge in [-0.05, 0) is 19.1 Å². The minimum absolute atomic E-state index is 0.0906. The van der Waals surface area contributed by atoms with Crippen LogP contribution in [0.3, 0.4) is 0 Å². The van der Waals surface area contributed by atoms with E-state index in [1.165, 1.54) is 0 Å². The summed E-state index contributed by atoms with van der Waals surface area (Å²) in [7, 11) is 0. The highest BCUT2D eigenvalue weighted by molar-refractivity contribution is 5.95. The highest BCUT2D eigenvalue weighted by Crippen LogP contribution is 2.20. The molecule has 24 heavy (non-hydrogen) atoms. The number of nitrogens with two attached hydrogens (primary N) is 1. The average molecular weight is 333 g/mol. The first-order valence-electron chi connectivity index (χ1n) is 8.19. The number of para-hydroxylation sites is 1. The quantitative estimate of drug-likeness (QED) is 0.844. The number of amides is 2. The monoisotopic (exact) mass is 333 g/mol. The second kappa shape index (κ2) is 7.19. The van der Waals surface area contributed by atoms with Gasteiger partial charge in [0.15, 0.2) is 6.61 Å². The molecule has 2 fully saturated rings. The molecule has 2 heterocycles. The lowest BCUT2D eigenvalue weighted by Gasteiger charge is -2.46. The Balaban J connectivity index is 1.57. The molecular weight excluding hydrogens is 310 g/mol. The first-order valence-corrected chi connectivity index (χ1v) is 8.19. The van der Waals surface area contributed by atoms with Crippen molar-refractivity contribution in [2.24, 2.45) is 5.73 Å². The first-order chi connectivity index (χ1) is 11.6. The van der Waals surface area contributed by atoms with Gasteiger partial charge in [0.1, 0.15) is 5.75 Å². The third kappa shape index (κ3) is 3.52. The number of hydrogen-bond donors (Lipinski definition) is 1. The number of carbonyl (C=O) groups is 2. The zero-order chi connectivity index (χ0) is 17.1. The van der Waals surface area contributed by atoms with Gasteiger partial charge in [-0.15, -0.1) is 0 Å². The number of benzene rings is 1. The van der Waals surface area contributed by atoms with Crippen molar-refractivity contribution >= 4 is 11.8 Å². The largest absolute Gasteiger partial charge is 0.483 e. The van der Waals surface area contributed by atoms with Crippen LogP contribution in [0.5, 0.6) is 5.75 Å². The van der Waals surface area contributed by atoms with Gasteiger partial charge in [-0.1, -0.05) is 12.1 Å². The number of fused-ring (bicyclic) bond motifs is 1. The number of hydrogen-bond acceptors (Lipinski definition) is 5. The molecule has 2 atom stereocenters. The van der Waals surface area contributed by atoms with Gasteiger partial charge in [0.05, 0.1) is 24.8 Å². The molecule has 130 valence electrons. The van der Waals surface area contributed by atoms with E-state index >= 15 is 0 Å². The fourth-order valence-electron chi connectivity index (χ4n) is 3.32. The standard InChI is InChI=1S/C17H23N3O4/c1-12-9-23-10-13-8-19(6-7-20(12)13)16(21)11-24-15-5-3-2-4-14(15)17(18)22/h2-5,12-13H,6-11H2,1H3,(H2,18,22)/t12-,13+/m0/s1. The summed E-state index contributed by atoms with van der Waals surface area (Å²) >= 11 is 0. The second-order valence-corrected chi connectivity index (χ2v) is 6.27. The van der Waals surface area contributed by atoms with Crippen LogP contribution in [0.25, 0.3) is 0 Å². The lowest BCUT2D eigenvalue weighted by atomic mass is 10.1. The fourth-order valence-corrected chi connectivity index (χ4v) is 3.32. The lowest BCUT2D eigenvalue weighted by Crippen LogP contribution is -2.62. The van der Waals surface area contributed by atoms with E-state index in [9.17, 15) is 9.59 Å². The Morgan fingerprint density at radius 3 is 2.88 bits per heavy atom. The summed E-state index contributed by atoms with van der Waals surface area (Å²) in [6.07, 6.45) is 0.